The average Bonchev–Trinajstić information content (AvgIpc) is 1.96. The van der Waals surface area contributed by atoms with E-state index >= 15 is 0 Å². The lowest BCUT2D eigenvalue weighted by Crippen LogP contribution is -2.68. The Bertz CT molecular complexity index is 193. The van der Waals surface area contributed by atoms with Crippen molar-refractivity contribution in [2.24, 2.45) is 11.5 Å². The zero-order chi connectivity index (χ0) is 8.43. The molecule has 0 aromatic heterocycles. The number of nitrogens with one attached hydrogen (secondary N) is 1. The molecule has 0 aliphatic carbocycles. The largest absolute Gasteiger partial charge is 0.447 e. The minimum atomic E-state index is -0.863. The van der Waals surface area contributed by atoms with E-state index in [1.165, 1.54) is 0 Å². The summed E-state index contributed by atoms with van der Waals surface area (Å²) in [5.74, 6) is -0.233. The van der Waals surface area contributed by atoms with E-state index in [2.05, 4.69) is 15.8 Å². The lowest BCUT2D eigenvalue weighted by atomic mass is 10.0. The first kappa shape index (κ1) is 7.80. The smallest absolute Gasteiger partial charge is 0.404 e. The summed E-state index contributed by atoms with van der Waals surface area (Å²) >= 11 is 0. The molecule has 0 saturated carbocycles. The second-order valence-corrected chi connectivity index (χ2v) is 2.27. The molecule has 1 saturated heterocycles. The summed E-state index contributed by atoms with van der Waals surface area (Å²) in [7, 11) is 0. The van der Waals surface area contributed by atoms with Gasteiger partial charge in [0.15, 0.2) is 0 Å². The van der Waals surface area contributed by atoms with Crippen molar-refractivity contribution in [3.63, 3.8) is 0 Å². The number of hydrogen-bond acceptors (Lipinski definition) is 4. The van der Waals surface area contributed by atoms with Crippen LogP contribution in [-0.2, 0) is 9.53 Å². The molecule has 2 amide bonds. The topological polar surface area (TPSA) is 107 Å². The van der Waals surface area contributed by atoms with Crippen LogP contribution < -0.4 is 16.8 Å². The van der Waals surface area contributed by atoms with Gasteiger partial charge < -0.3 is 21.5 Å². The number of primary amides is 1. The molecule has 0 radical (unpaired) electrons. The highest BCUT2D eigenvalue weighted by Crippen LogP contribution is 2.02. The molecule has 11 heavy (non-hydrogen) atoms. The van der Waals surface area contributed by atoms with E-state index in [9.17, 15) is 9.59 Å². The highest BCUT2D eigenvalue weighted by Gasteiger charge is 2.36. The van der Waals surface area contributed by atoms with Crippen molar-refractivity contribution in [2.75, 3.05) is 6.61 Å². The standard InChI is InChI=1S/C5H9N3O3/c6-3-2(8-4(3)9)1-11-5(7)10/h2-3H,1,6H2,(H2,7,10)(H,8,9)/t2-,3-/m0/s1. The van der Waals surface area contributed by atoms with Gasteiger partial charge in [0.1, 0.15) is 12.6 Å². The van der Waals surface area contributed by atoms with E-state index in [0.29, 0.717) is 0 Å². The zero-order valence-electron chi connectivity index (χ0n) is 5.74. The minimum absolute atomic E-state index is 0.0439. The van der Waals surface area contributed by atoms with Crippen molar-refractivity contribution >= 4 is 12.0 Å². The minimum Gasteiger partial charge on any atom is -0.447 e. The molecular weight excluding hydrogens is 150 g/mol. The Morgan fingerprint density at radius 2 is 2.36 bits per heavy atom. The summed E-state index contributed by atoms with van der Waals surface area (Å²) < 4.78 is 4.41. The van der Waals surface area contributed by atoms with E-state index in [1.807, 2.05) is 0 Å². The quantitative estimate of drug-likeness (QED) is 0.401. The summed E-state index contributed by atoms with van der Waals surface area (Å²) in [6.45, 7) is 0.0439. The predicted octanol–water partition coefficient (Wildman–Crippen LogP) is -2.09. The number of nitrogens with two attached hydrogens (primary N) is 2. The van der Waals surface area contributed by atoms with Crippen LogP contribution in [-0.4, -0.2) is 30.7 Å². The van der Waals surface area contributed by atoms with Gasteiger partial charge in [-0.3, -0.25) is 4.79 Å². The molecule has 2 atom stereocenters. The summed E-state index contributed by atoms with van der Waals surface area (Å²) in [5.41, 5.74) is 9.99. The second kappa shape index (κ2) is 2.75. The van der Waals surface area contributed by atoms with Crippen LogP contribution >= 0.6 is 0 Å². The first-order valence-corrected chi connectivity index (χ1v) is 3.09. The van der Waals surface area contributed by atoms with Gasteiger partial charge in [-0.25, -0.2) is 4.79 Å². The van der Waals surface area contributed by atoms with E-state index in [1.54, 1.807) is 0 Å². The molecule has 1 aliphatic heterocycles. The van der Waals surface area contributed by atoms with E-state index < -0.39 is 12.1 Å². The molecule has 1 rings (SSSR count). The van der Waals surface area contributed by atoms with Crippen LogP contribution in [0.2, 0.25) is 0 Å². The lowest BCUT2D eigenvalue weighted by Gasteiger charge is -2.32. The number of carbonyl (C=O) groups is 2. The molecule has 0 aromatic carbocycles. The molecule has 1 fully saturated rings. The monoisotopic (exact) mass is 159 g/mol. The molecule has 1 heterocycles. The molecule has 6 heteroatoms. The van der Waals surface area contributed by atoms with Gasteiger partial charge in [0, 0.05) is 0 Å². The van der Waals surface area contributed by atoms with Gasteiger partial charge in [0.05, 0.1) is 6.04 Å². The van der Waals surface area contributed by atoms with Crippen molar-refractivity contribution in [2.45, 2.75) is 12.1 Å². The number of carbonyl (C=O) groups excluding carboxylic acids is 2. The maximum Gasteiger partial charge on any atom is 0.404 e. The molecule has 0 unspecified atom stereocenters. The van der Waals surface area contributed by atoms with Crippen molar-refractivity contribution in [3.8, 4) is 0 Å². The summed E-state index contributed by atoms with van der Waals surface area (Å²) in [6.07, 6.45) is -0.863. The Morgan fingerprint density at radius 3 is 2.73 bits per heavy atom. The van der Waals surface area contributed by atoms with Crippen LogP contribution in [0, 0.1) is 0 Å². The number of rotatable bonds is 2. The van der Waals surface area contributed by atoms with Crippen molar-refractivity contribution in [3.05, 3.63) is 0 Å². The van der Waals surface area contributed by atoms with Crippen LogP contribution in [0.5, 0.6) is 0 Å². The average molecular weight is 159 g/mol. The van der Waals surface area contributed by atoms with Crippen LogP contribution in [0.4, 0.5) is 4.79 Å². The van der Waals surface area contributed by atoms with Gasteiger partial charge in [-0.2, -0.15) is 0 Å². The van der Waals surface area contributed by atoms with E-state index in [0.717, 1.165) is 0 Å². The second-order valence-electron chi connectivity index (χ2n) is 2.27. The van der Waals surface area contributed by atoms with Crippen LogP contribution in [0.1, 0.15) is 0 Å². The summed E-state index contributed by atoms with van der Waals surface area (Å²) in [6, 6.07) is -0.857. The van der Waals surface area contributed by atoms with Crippen LogP contribution in [0.25, 0.3) is 0 Å². The first-order chi connectivity index (χ1) is 5.11. The van der Waals surface area contributed by atoms with Crippen molar-refractivity contribution < 1.29 is 14.3 Å². The van der Waals surface area contributed by atoms with Crippen molar-refractivity contribution in [1.82, 2.24) is 5.32 Å². The molecule has 0 spiro atoms. The predicted molar refractivity (Wildman–Crippen MR) is 35.4 cm³/mol. The fraction of sp³-hybridized carbons (Fsp3) is 0.600. The number of ether oxygens (including phenoxy) is 1. The van der Waals surface area contributed by atoms with Crippen LogP contribution in [0.3, 0.4) is 0 Å². The number of β-lactam (4-membered cyclic amide) rings is 1. The molecule has 0 aromatic rings. The third-order valence-corrected chi connectivity index (χ3v) is 1.47. The maximum atomic E-state index is 10.5. The van der Waals surface area contributed by atoms with Gasteiger partial charge in [-0.15, -0.1) is 0 Å². The Hall–Kier alpha value is -1.30. The Labute approximate surface area is 62.9 Å². The Balaban J connectivity index is 2.20. The summed E-state index contributed by atoms with van der Waals surface area (Å²) in [5, 5.41) is 2.45. The molecule has 5 N–H and O–H groups in total. The maximum absolute atomic E-state index is 10.5. The lowest BCUT2D eigenvalue weighted by molar-refractivity contribution is -0.131. The van der Waals surface area contributed by atoms with Gasteiger partial charge >= 0.3 is 6.09 Å². The van der Waals surface area contributed by atoms with Gasteiger partial charge in [0.2, 0.25) is 5.91 Å². The molecule has 1 aliphatic rings. The first-order valence-electron chi connectivity index (χ1n) is 3.09. The van der Waals surface area contributed by atoms with E-state index in [4.69, 9.17) is 5.73 Å². The fourth-order valence-electron chi connectivity index (χ4n) is 0.772. The third kappa shape index (κ3) is 1.58. The Morgan fingerprint density at radius 1 is 1.73 bits per heavy atom. The van der Waals surface area contributed by atoms with Gasteiger partial charge in [0.25, 0.3) is 0 Å². The highest BCUT2D eigenvalue weighted by atomic mass is 16.5. The zero-order valence-corrected chi connectivity index (χ0v) is 5.74. The van der Waals surface area contributed by atoms with Gasteiger partial charge in [-0.1, -0.05) is 0 Å². The molecule has 62 valence electrons. The number of amides is 2. The molecule has 0 bridgehead atoms. The normalized spacial score (nSPS) is 28.6. The van der Waals surface area contributed by atoms with Crippen molar-refractivity contribution in [1.29, 1.82) is 0 Å². The SMILES string of the molecule is NC(=O)OC[C@@H]1NC(=O)[C@H]1N. The third-order valence-electron chi connectivity index (χ3n) is 1.47. The molecule has 6 nitrogen and oxygen atoms in total. The fourth-order valence-corrected chi connectivity index (χ4v) is 0.772. The van der Waals surface area contributed by atoms with Crippen LogP contribution in [0.15, 0.2) is 0 Å². The van der Waals surface area contributed by atoms with E-state index in [-0.39, 0.29) is 18.6 Å². The Kier molecular flexibility index (Phi) is 1.95. The molecular formula is C5H9N3O3. The highest BCUT2D eigenvalue weighted by molar-refractivity contribution is 5.89. The summed E-state index contributed by atoms with van der Waals surface area (Å²) in [4.78, 5) is 20.6. The number of hydrogen-bond donors (Lipinski definition) is 3. The van der Waals surface area contributed by atoms with Gasteiger partial charge in [-0.05, 0) is 0 Å².